The fourth-order valence-electron chi connectivity index (χ4n) is 4.80. The number of hydrogen-bond donors (Lipinski definition) is 1. The third-order valence-corrected chi connectivity index (χ3v) is 6.70. The van der Waals surface area contributed by atoms with E-state index in [0.29, 0.717) is 17.8 Å². The summed E-state index contributed by atoms with van der Waals surface area (Å²) in [7, 11) is 1.65. The lowest BCUT2D eigenvalue weighted by molar-refractivity contribution is 0.126. The van der Waals surface area contributed by atoms with Gasteiger partial charge in [-0.05, 0) is 80.5 Å². The lowest BCUT2D eigenvalue weighted by Crippen LogP contribution is -2.34. The maximum atomic E-state index is 6.41. The van der Waals surface area contributed by atoms with Crippen molar-refractivity contribution in [2.75, 3.05) is 12.4 Å². The average Bonchev–Trinajstić information content (AvgIpc) is 3.37. The van der Waals surface area contributed by atoms with Crippen LogP contribution in [0, 0.1) is 5.92 Å². The van der Waals surface area contributed by atoms with E-state index >= 15 is 0 Å². The highest BCUT2D eigenvalue weighted by molar-refractivity contribution is 5.84. The van der Waals surface area contributed by atoms with Crippen LogP contribution < -0.4 is 14.8 Å². The number of aromatic nitrogens is 3. The van der Waals surface area contributed by atoms with Gasteiger partial charge in [0.1, 0.15) is 11.5 Å². The highest BCUT2D eigenvalue weighted by Crippen LogP contribution is 2.34. The fourth-order valence-corrected chi connectivity index (χ4v) is 4.80. The van der Waals surface area contributed by atoms with E-state index in [0.717, 1.165) is 60.1 Å². The molecule has 0 bridgehead atoms. The molecule has 0 radical (unpaired) electrons. The first-order valence-corrected chi connectivity index (χ1v) is 12.0. The zero-order chi connectivity index (χ0) is 23.3. The maximum absolute atomic E-state index is 6.41. The quantitative estimate of drug-likeness (QED) is 0.340. The summed E-state index contributed by atoms with van der Waals surface area (Å²) in [6.45, 7) is 2.20. The van der Waals surface area contributed by atoms with Crippen molar-refractivity contribution in [1.29, 1.82) is 0 Å². The van der Waals surface area contributed by atoms with Crippen LogP contribution in [0.25, 0.3) is 22.4 Å². The first-order chi connectivity index (χ1) is 16.7. The Morgan fingerprint density at radius 2 is 1.79 bits per heavy atom. The summed E-state index contributed by atoms with van der Waals surface area (Å²) in [5.74, 6) is 2.76. The number of nitrogens with zero attached hydrogens (tertiary/aromatic N) is 3. The van der Waals surface area contributed by atoms with E-state index < -0.39 is 0 Å². The lowest BCUT2D eigenvalue weighted by Gasteiger charge is -2.33. The average molecular weight is 459 g/mol. The van der Waals surface area contributed by atoms with Crippen LogP contribution in [0.5, 0.6) is 11.5 Å². The largest absolute Gasteiger partial charge is 0.497 e. The lowest BCUT2D eigenvalue weighted by atomic mass is 9.81. The zero-order valence-corrected chi connectivity index (χ0v) is 19.6. The van der Waals surface area contributed by atoms with Crippen molar-refractivity contribution in [2.45, 2.75) is 51.2 Å². The number of benzene rings is 2. The van der Waals surface area contributed by atoms with Crippen LogP contribution in [-0.2, 0) is 0 Å². The predicted molar refractivity (Wildman–Crippen MR) is 132 cm³/mol. The number of fused-ring (bicyclic) bond motifs is 1. The van der Waals surface area contributed by atoms with Crippen LogP contribution >= 0.6 is 0 Å². The third-order valence-electron chi connectivity index (χ3n) is 6.70. The van der Waals surface area contributed by atoms with E-state index in [1.54, 1.807) is 7.11 Å². The summed E-state index contributed by atoms with van der Waals surface area (Å²) in [5.41, 5.74) is 1.84. The Hall–Kier alpha value is -3.61. The molecule has 1 N–H and O–H groups in total. The third kappa shape index (κ3) is 4.83. The molecule has 176 valence electrons. The van der Waals surface area contributed by atoms with Gasteiger partial charge in [-0.1, -0.05) is 24.2 Å². The SMILES string of the molecule is CCC(Nc1nnc(-c2ccc(OC)cc2)o1)C1CCC(Oc2ccnc3ccccc23)CC1. The molecule has 0 amide bonds. The first-order valence-electron chi connectivity index (χ1n) is 12.0. The molecule has 1 fully saturated rings. The standard InChI is InChI=1S/C27H30N4O3/c1-3-23(29-27-31-30-26(34-27)19-10-12-20(32-2)13-11-19)18-8-14-21(15-9-18)33-25-16-17-28-24-7-5-4-6-22(24)25/h4-7,10-13,16-18,21,23H,3,8-9,14-15H2,1-2H3,(H,29,31). The number of hydrogen-bond acceptors (Lipinski definition) is 7. The molecular weight excluding hydrogens is 428 g/mol. The minimum absolute atomic E-state index is 0.227. The molecule has 0 aliphatic heterocycles. The molecule has 1 saturated carbocycles. The Labute approximate surface area is 199 Å². The number of rotatable bonds is 8. The summed E-state index contributed by atoms with van der Waals surface area (Å²) in [6.07, 6.45) is 7.29. The summed E-state index contributed by atoms with van der Waals surface area (Å²) in [5, 5.41) is 13.0. The highest BCUT2D eigenvalue weighted by Gasteiger charge is 2.29. The smallest absolute Gasteiger partial charge is 0.315 e. The van der Waals surface area contributed by atoms with Gasteiger partial charge in [-0.2, -0.15) is 0 Å². The van der Waals surface area contributed by atoms with Crippen molar-refractivity contribution in [1.82, 2.24) is 15.2 Å². The Bertz CT molecular complexity index is 1210. The molecule has 2 aromatic carbocycles. The van der Waals surface area contributed by atoms with Gasteiger partial charge in [0, 0.05) is 23.2 Å². The van der Waals surface area contributed by atoms with Gasteiger partial charge in [-0.15, -0.1) is 5.10 Å². The number of anilines is 1. The normalized spacial score (nSPS) is 19.0. The number of methoxy groups -OCH3 is 1. The zero-order valence-electron chi connectivity index (χ0n) is 19.6. The fraction of sp³-hybridized carbons (Fsp3) is 0.370. The van der Waals surface area contributed by atoms with E-state index in [1.807, 2.05) is 54.7 Å². The molecule has 7 heteroatoms. The number of pyridine rings is 1. The summed E-state index contributed by atoms with van der Waals surface area (Å²) in [6, 6.07) is 18.5. The molecule has 1 unspecified atom stereocenters. The second kappa shape index (κ2) is 10.1. The monoisotopic (exact) mass is 458 g/mol. The van der Waals surface area contributed by atoms with Gasteiger partial charge >= 0.3 is 6.01 Å². The van der Waals surface area contributed by atoms with E-state index in [4.69, 9.17) is 13.9 Å². The Morgan fingerprint density at radius 3 is 2.56 bits per heavy atom. The summed E-state index contributed by atoms with van der Waals surface area (Å²) >= 11 is 0. The van der Waals surface area contributed by atoms with E-state index in [2.05, 4.69) is 33.5 Å². The van der Waals surface area contributed by atoms with Gasteiger partial charge < -0.3 is 19.2 Å². The van der Waals surface area contributed by atoms with E-state index in [1.165, 1.54) is 0 Å². The Morgan fingerprint density at radius 1 is 1.00 bits per heavy atom. The van der Waals surface area contributed by atoms with Gasteiger partial charge in [-0.3, -0.25) is 4.98 Å². The number of nitrogens with one attached hydrogen (secondary N) is 1. The van der Waals surface area contributed by atoms with Crippen molar-refractivity contribution in [3.63, 3.8) is 0 Å². The van der Waals surface area contributed by atoms with Crippen molar-refractivity contribution < 1.29 is 13.9 Å². The van der Waals surface area contributed by atoms with Crippen molar-refractivity contribution in [3.05, 3.63) is 60.8 Å². The molecular formula is C27H30N4O3. The molecule has 4 aromatic rings. The summed E-state index contributed by atoms with van der Waals surface area (Å²) < 4.78 is 17.5. The van der Waals surface area contributed by atoms with Gasteiger partial charge in [0.2, 0.25) is 5.89 Å². The number of para-hydroxylation sites is 1. The van der Waals surface area contributed by atoms with Crippen molar-refractivity contribution in [2.24, 2.45) is 5.92 Å². The molecule has 0 spiro atoms. The van der Waals surface area contributed by atoms with Crippen LogP contribution in [0.4, 0.5) is 6.01 Å². The molecule has 7 nitrogen and oxygen atoms in total. The first kappa shape index (κ1) is 22.2. The van der Waals surface area contributed by atoms with Crippen LogP contribution in [0.2, 0.25) is 0 Å². The predicted octanol–water partition coefficient (Wildman–Crippen LogP) is 6.12. The number of ether oxygens (including phenoxy) is 2. The molecule has 34 heavy (non-hydrogen) atoms. The van der Waals surface area contributed by atoms with E-state index in [-0.39, 0.29) is 12.1 Å². The minimum atomic E-state index is 0.227. The molecule has 1 atom stereocenters. The van der Waals surface area contributed by atoms with Crippen molar-refractivity contribution >= 4 is 16.9 Å². The van der Waals surface area contributed by atoms with Crippen molar-refractivity contribution in [3.8, 4) is 23.0 Å². The Balaban J connectivity index is 1.18. The van der Waals surface area contributed by atoms with Crippen LogP contribution in [0.15, 0.2) is 65.2 Å². The van der Waals surface area contributed by atoms with E-state index in [9.17, 15) is 0 Å². The van der Waals surface area contributed by atoms with Gasteiger partial charge in [0.15, 0.2) is 0 Å². The second-order valence-electron chi connectivity index (χ2n) is 8.78. The Kier molecular flexibility index (Phi) is 6.60. The topological polar surface area (TPSA) is 82.3 Å². The highest BCUT2D eigenvalue weighted by atomic mass is 16.5. The molecule has 2 aromatic heterocycles. The van der Waals surface area contributed by atoms with Gasteiger partial charge in [-0.25, -0.2) is 0 Å². The van der Waals surface area contributed by atoms with Crippen LogP contribution in [0.3, 0.4) is 0 Å². The maximum Gasteiger partial charge on any atom is 0.315 e. The minimum Gasteiger partial charge on any atom is -0.497 e. The van der Waals surface area contributed by atoms with Crippen LogP contribution in [-0.4, -0.2) is 34.4 Å². The summed E-state index contributed by atoms with van der Waals surface area (Å²) in [4.78, 5) is 4.44. The molecule has 0 saturated heterocycles. The molecule has 5 rings (SSSR count). The second-order valence-corrected chi connectivity index (χ2v) is 8.78. The molecule has 1 aliphatic rings. The van der Waals surface area contributed by atoms with Gasteiger partial charge in [0.05, 0.1) is 18.7 Å². The van der Waals surface area contributed by atoms with Gasteiger partial charge in [0.25, 0.3) is 0 Å². The van der Waals surface area contributed by atoms with Crippen LogP contribution in [0.1, 0.15) is 39.0 Å². The molecule has 2 heterocycles. The molecule has 1 aliphatic carbocycles.